The smallest absolute Gasteiger partial charge is 0.319 e. The SMILES string of the molecule is CCOC(=O)CNCCSCc1ccc(Cl)cc1. The molecule has 1 aromatic rings. The van der Waals surface area contributed by atoms with Gasteiger partial charge in [0.1, 0.15) is 0 Å². The maximum atomic E-state index is 11.0. The van der Waals surface area contributed by atoms with Gasteiger partial charge in [0.05, 0.1) is 13.2 Å². The summed E-state index contributed by atoms with van der Waals surface area (Å²) in [7, 11) is 0. The lowest BCUT2D eigenvalue weighted by atomic mass is 10.2. The molecule has 1 aromatic carbocycles. The molecule has 0 aromatic heterocycles. The molecule has 0 bridgehead atoms. The van der Waals surface area contributed by atoms with E-state index in [-0.39, 0.29) is 12.5 Å². The number of carbonyl (C=O) groups is 1. The van der Waals surface area contributed by atoms with Gasteiger partial charge in [-0.2, -0.15) is 11.8 Å². The predicted octanol–water partition coefficient (Wildman–Crippen LogP) is 2.73. The summed E-state index contributed by atoms with van der Waals surface area (Å²) in [6.07, 6.45) is 0. The Labute approximate surface area is 117 Å². The summed E-state index contributed by atoms with van der Waals surface area (Å²) in [5.74, 6) is 1.72. The summed E-state index contributed by atoms with van der Waals surface area (Å²) < 4.78 is 4.81. The molecule has 1 N–H and O–H groups in total. The molecule has 100 valence electrons. The highest BCUT2D eigenvalue weighted by Gasteiger charge is 1.99. The van der Waals surface area contributed by atoms with Gasteiger partial charge in [0.2, 0.25) is 0 Å². The molecule has 0 atom stereocenters. The second-order valence-corrected chi connectivity index (χ2v) is 5.20. The minimum Gasteiger partial charge on any atom is -0.465 e. The number of ether oxygens (including phenoxy) is 1. The molecule has 5 heteroatoms. The maximum absolute atomic E-state index is 11.0. The third-order valence-electron chi connectivity index (χ3n) is 2.18. The van der Waals surface area contributed by atoms with Crippen molar-refractivity contribution in [1.29, 1.82) is 0 Å². The van der Waals surface area contributed by atoms with Crippen molar-refractivity contribution in [2.45, 2.75) is 12.7 Å². The Balaban J connectivity index is 2.02. The second kappa shape index (κ2) is 9.25. The third-order valence-corrected chi connectivity index (χ3v) is 3.46. The van der Waals surface area contributed by atoms with Gasteiger partial charge in [0.25, 0.3) is 0 Å². The first-order valence-corrected chi connectivity index (χ1v) is 7.44. The molecule has 0 heterocycles. The predicted molar refractivity (Wildman–Crippen MR) is 77.1 cm³/mol. The molecule has 0 saturated heterocycles. The van der Waals surface area contributed by atoms with Gasteiger partial charge in [-0.1, -0.05) is 23.7 Å². The first kappa shape index (κ1) is 15.3. The van der Waals surface area contributed by atoms with Crippen molar-refractivity contribution >= 4 is 29.3 Å². The van der Waals surface area contributed by atoms with Gasteiger partial charge in [-0.15, -0.1) is 0 Å². The highest BCUT2D eigenvalue weighted by atomic mass is 35.5. The van der Waals surface area contributed by atoms with Crippen LogP contribution in [0.1, 0.15) is 12.5 Å². The van der Waals surface area contributed by atoms with E-state index in [1.165, 1.54) is 5.56 Å². The number of esters is 1. The fourth-order valence-corrected chi connectivity index (χ4v) is 2.30. The van der Waals surface area contributed by atoms with Crippen molar-refractivity contribution in [2.75, 3.05) is 25.4 Å². The van der Waals surface area contributed by atoms with Crippen molar-refractivity contribution in [2.24, 2.45) is 0 Å². The number of nitrogens with one attached hydrogen (secondary N) is 1. The Morgan fingerprint density at radius 2 is 2.11 bits per heavy atom. The molecule has 3 nitrogen and oxygen atoms in total. The zero-order valence-electron chi connectivity index (χ0n) is 10.4. The number of halogens is 1. The van der Waals surface area contributed by atoms with Crippen LogP contribution >= 0.6 is 23.4 Å². The van der Waals surface area contributed by atoms with Crippen LogP contribution in [0.5, 0.6) is 0 Å². The summed E-state index contributed by atoms with van der Waals surface area (Å²) in [5.41, 5.74) is 1.26. The molecular formula is C13H18ClNO2S. The van der Waals surface area contributed by atoms with Gasteiger partial charge >= 0.3 is 5.97 Å². The molecule has 18 heavy (non-hydrogen) atoms. The van der Waals surface area contributed by atoms with Crippen LogP contribution in [0.2, 0.25) is 5.02 Å². The summed E-state index contributed by atoms with van der Waals surface area (Å²) in [6.45, 7) is 3.33. The Hall–Kier alpha value is -0.710. The number of hydrogen-bond donors (Lipinski definition) is 1. The van der Waals surface area contributed by atoms with E-state index in [0.717, 1.165) is 23.1 Å². The highest BCUT2D eigenvalue weighted by Crippen LogP contribution is 2.14. The van der Waals surface area contributed by atoms with Crippen molar-refractivity contribution in [3.63, 3.8) is 0 Å². The van der Waals surface area contributed by atoms with Gasteiger partial charge in [0.15, 0.2) is 0 Å². The van der Waals surface area contributed by atoms with E-state index < -0.39 is 0 Å². The molecule has 0 fully saturated rings. The number of benzene rings is 1. The average Bonchev–Trinajstić information content (AvgIpc) is 2.36. The first-order chi connectivity index (χ1) is 8.72. The maximum Gasteiger partial charge on any atom is 0.319 e. The molecular weight excluding hydrogens is 270 g/mol. The van der Waals surface area contributed by atoms with E-state index in [1.54, 1.807) is 6.92 Å². The Kier molecular flexibility index (Phi) is 7.89. The number of thioether (sulfide) groups is 1. The standard InChI is InChI=1S/C13H18ClNO2S/c1-2-17-13(16)9-15-7-8-18-10-11-3-5-12(14)6-4-11/h3-6,15H,2,7-10H2,1H3. The molecule has 1 rings (SSSR count). The first-order valence-electron chi connectivity index (χ1n) is 5.91. The number of hydrogen-bond acceptors (Lipinski definition) is 4. The molecule has 0 spiro atoms. The Morgan fingerprint density at radius 3 is 2.78 bits per heavy atom. The quantitative estimate of drug-likeness (QED) is 0.589. The minimum absolute atomic E-state index is 0.194. The van der Waals surface area contributed by atoms with Crippen LogP contribution in [-0.2, 0) is 15.3 Å². The second-order valence-electron chi connectivity index (χ2n) is 3.66. The zero-order valence-corrected chi connectivity index (χ0v) is 12.0. The monoisotopic (exact) mass is 287 g/mol. The summed E-state index contributed by atoms with van der Waals surface area (Å²) in [5, 5.41) is 3.81. The van der Waals surface area contributed by atoms with Crippen molar-refractivity contribution < 1.29 is 9.53 Å². The van der Waals surface area contributed by atoms with Crippen LogP contribution in [0, 0.1) is 0 Å². The number of rotatable bonds is 8. The van der Waals surface area contributed by atoms with Crippen LogP contribution < -0.4 is 5.32 Å². The Morgan fingerprint density at radius 1 is 1.39 bits per heavy atom. The van der Waals surface area contributed by atoms with E-state index >= 15 is 0 Å². The lowest BCUT2D eigenvalue weighted by Crippen LogP contribution is -2.26. The van der Waals surface area contributed by atoms with Crippen molar-refractivity contribution in [1.82, 2.24) is 5.32 Å². The average molecular weight is 288 g/mol. The number of carbonyl (C=O) groups excluding carboxylic acids is 1. The van der Waals surface area contributed by atoms with E-state index in [9.17, 15) is 4.79 Å². The molecule has 0 unspecified atom stereocenters. The third kappa shape index (κ3) is 6.89. The lowest BCUT2D eigenvalue weighted by Gasteiger charge is -2.05. The largest absolute Gasteiger partial charge is 0.465 e. The molecule has 0 radical (unpaired) electrons. The van der Waals surface area contributed by atoms with Crippen LogP contribution in [0.15, 0.2) is 24.3 Å². The summed E-state index contributed by atoms with van der Waals surface area (Å²) >= 11 is 7.63. The highest BCUT2D eigenvalue weighted by molar-refractivity contribution is 7.98. The van der Waals surface area contributed by atoms with Gasteiger partial charge < -0.3 is 10.1 Å². The van der Waals surface area contributed by atoms with Crippen LogP contribution in [0.25, 0.3) is 0 Å². The topological polar surface area (TPSA) is 38.3 Å². The van der Waals surface area contributed by atoms with E-state index in [2.05, 4.69) is 5.32 Å². The van der Waals surface area contributed by atoms with E-state index in [4.69, 9.17) is 16.3 Å². The van der Waals surface area contributed by atoms with Crippen LogP contribution in [-0.4, -0.2) is 31.4 Å². The zero-order chi connectivity index (χ0) is 13.2. The fourth-order valence-electron chi connectivity index (χ4n) is 1.32. The summed E-state index contributed by atoms with van der Waals surface area (Å²) in [6, 6.07) is 7.86. The van der Waals surface area contributed by atoms with Gasteiger partial charge in [-0.25, -0.2) is 0 Å². The van der Waals surface area contributed by atoms with Gasteiger partial charge in [-0.05, 0) is 24.6 Å². The lowest BCUT2D eigenvalue weighted by molar-refractivity contribution is -0.141. The Bertz CT molecular complexity index is 357. The molecule has 0 aliphatic carbocycles. The molecule has 0 saturated carbocycles. The molecule has 0 amide bonds. The van der Waals surface area contributed by atoms with Gasteiger partial charge in [0, 0.05) is 23.1 Å². The van der Waals surface area contributed by atoms with E-state index in [1.807, 2.05) is 36.0 Å². The van der Waals surface area contributed by atoms with Gasteiger partial charge in [-0.3, -0.25) is 4.79 Å². The minimum atomic E-state index is -0.194. The normalized spacial score (nSPS) is 10.3. The van der Waals surface area contributed by atoms with Crippen LogP contribution in [0.3, 0.4) is 0 Å². The molecule has 0 aliphatic rings. The molecule has 0 aliphatic heterocycles. The van der Waals surface area contributed by atoms with Crippen LogP contribution in [0.4, 0.5) is 0 Å². The summed E-state index contributed by atoms with van der Waals surface area (Å²) in [4.78, 5) is 11.0. The van der Waals surface area contributed by atoms with Crippen molar-refractivity contribution in [3.8, 4) is 0 Å². The van der Waals surface area contributed by atoms with Crippen molar-refractivity contribution in [3.05, 3.63) is 34.9 Å². The fraction of sp³-hybridized carbons (Fsp3) is 0.462. The van der Waals surface area contributed by atoms with E-state index in [0.29, 0.717) is 6.61 Å².